The minimum Gasteiger partial charge on any atom is -0.423 e. The van der Waals surface area contributed by atoms with Crippen LogP contribution < -0.4 is 5.32 Å². The van der Waals surface area contributed by atoms with Crippen molar-refractivity contribution in [1.29, 1.82) is 0 Å². The summed E-state index contributed by atoms with van der Waals surface area (Å²) in [6.45, 7) is 4.01. The zero-order chi connectivity index (χ0) is 24.3. The van der Waals surface area contributed by atoms with E-state index in [1.54, 1.807) is 11.9 Å². The first-order chi connectivity index (χ1) is 16.1. The van der Waals surface area contributed by atoms with Gasteiger partial charge < -0.3 is 9.32 Å². The molecule has 0 radical (unpaired) electrons. The van der Waals surface area contributed by atoms with Crippen LogP contribution in [0.2, 0.25) is 0 Å². The van der Waals surface area contributed by atoms with Gasteiger partial charge in [0.05, 0.1) is 5.56 Å². The summed E-state index contributed by atoms with van der Waals surface area (Å²) < 4.78 is 47.8. The Morgan fingerprint density at radius 1 is 1.29 bits per heavy atom. The first-order valence-corrected chi connectivity index (χ1v) is 11.0. The van der Waals surface area contributed by atoms with Gasteiger partial charge in [-0.1, -0.05) is 13.8 Å². The maximum absolute atomic E-state index is 13.6. The summed E-state index contributed by atoms with van der Waals surface area (Å²) in [5.41, 5.74) is -1.99. The lowest BCUT2D eigenvalue weighted by molar-refractivity contribution is -0.137. The molecule has 5 rings (SSSR count). The van der Waals surface area contributed by atoms with Crippen LogP contribution in [0.25, 0.3) is 11.4 Å². The Kier molecular flexibility index (Phi) is 5.10. The van der Waals surface area contributed by atoms with Gasteiger partial charge in [0.2, 0.25) is 11.8 Å². The highest BCUT2D eigenvalue weighted by Crippen LogP contribution is 2.55. The molecule has 180 valence electrons. The van der Waals surface area contributed by atoms with E-state index in [9.17, 15) is 18.0 Å². The number of piperidine rings is 1. The normalized spacial score (nSPS) is 24.1. The van der Waals surface area contributed by atoms with Crippen LogP contribution in [-0.4, -0.2) is 46.9 Å². The third-order valence-corrected chi connectivity index (χ3v) is 6.43. The molecule has 10 nitrogen and oxygen atoms in total. The van der Waals surface area contributed by atoms with E-state index in [2.05, 4.69) is 37.5 Å². The molecule has 0 spiro atoms. The van der Waals surface area contributed by atoms with Crippen molar-refractivity contribution in [2.45, 2.75) is 57.3 Å². The van der Waals surface area contributed by atoms with Crippen molar-refractivity contribution >= 4 is 11.8 Å². The van der Waals surface area contributed by atoms with Gasteiger partial charge in [-0.2, -0.15) is 18.3 Å². The van der Waals surface area contributed by atoms with Crippen LogP contribution >= 0.6 is 0 Å². The summed E-state index contributed by atoms with van der Waals surface area (Å²) in [6, 6.07) is 0.627. The summed E-state index contributed by atoms with van der Waals surface area (Å²) in [4.78, 5) is 22.8. The second-order valence-electron chi connectivity index (χ2n) is 8.94. The number of alkyl halides is 3. The zero-order valence-corrected chi connectivity index (χ0v) is 18.8. The smallest absolute Gasteiger partial charge is 0.418 e. The Morgan fingerprint density at radius 2 is 2.09 bits per heavy atom. The van der Waals surface area contributed by atoms with Crippen molar-refractivity contribution in [2.75, 3.05) is 5.32 Å². The van der Waals surface area contributed by atoms with Crippen LogP contribution in [0.15, 0.2) is 23.0 Å². The second-order valence-corrected chi connectivity index (χ2v) is 8.94. The number of urea groups is 1. The Hall–Kier alpha value is -3.51. The number of pyridine rings is 1. The number of nitrogens with zero attached hydrogens (tertiary/aromatic N) is 7. The fourth-order valence-corrected chi connectivity index (χ4v) is 5.10. The maximum atomic E-state index is 13.6. The molecule has 2 amide bonds. The molecule has 1 saturated heterocycles. The number of likely N-dealkylation sites (tertiary alicyclic amines) is 1. The Labute approximate surface area is 192 Å². The lowest BCUT2D eigenvalue weighted by Crippen LogP contribution is -2.70. The lowest BCUT2D eigenvalue weighted by Gasteiger charge is -2.61. The van der Waals surface area contributed by atoms with Gasteiger partial charge in [-0.3, -0.25) is 10.00 Å². The van der Waals surface area contributed by atoms with Crippen LogP contribution in [-0.2, 0) is 25.2 Å². The van der Waals surface area contributed by atoms with E-state index in [1.165, 1.54) is 11.0 Å². The van der Waals surface area contributed by atoms with Gasteiger partial charge in [-0.05, 0) is 24.8 Å². The van der Waals surface area contributed by atoms with Crippen molar-refractivity contribution in [3.05, 3.63) is 35.9 Å². The Morgan fingerprint density at radius 3 is 2.74 bits per heavy atom. The largest absolute Gasteiger partial charge is 0.423 e. The molecule has 3 atom stereocenters. The summed E-state index contributed by atoms with van der Waals surface area (Å²) >= 11 is 0. The molecule has 34 heavy (non-hydrogen) atoms. The number of rotatable bonds is 4. The molecule has 1 saturated carbocycles. The average Bonchev–Trinajstić information content (AvgIpc) is 3.41. The lowest BCUT2D eigenvalue weighted by atomic mass is 9.64. The van der Waals surface area contributed by atoms with Gasteiger partial charge in [0.1, 0.15) is 17.7 Å². The van der Waals surface area contributed by atoms with Crippen molar-refractivity contribution in [3.63, 3.8) is 0 Å². The minimum absolute atomic E-state index is 0.0339. The third-order valence-electron chi connectivity index (χ3n) is 6.43. The van der Waals surface area contributed by atoms with E-state index >= 15 is 0 Å². The van der Waals surface area contributed by atoms with E-state index in [0.29, 0.717) is 43.2 Å². The monoisotopic (exact) mass is 476 g/mol. The van der Waals surface area contributed by atoms with Crippen molar-refractivity contribution in [2.24, 2.45) is 13.0 Å². The number of hydrogen-bond acceptors (Lipinski definition) is 7. The standard InChI is InChI=1S/C21H23F3N8O2/c1-4-16-28-29-18(34-16)20-7-11(2)5-12(8-20)32(20)19(33)27-15-6-13(17-26-10-31(3)30-17)14(9-25-15)21(22,23)24/h6,9-12H,4-5,7-8H2,1-3H3,(H,25,27,33)/t11-,12+,20-/m0/s1. The first-order valence-electron chi connectivity index (χ1n) is 11.0. The highest BCUT2D eigenvalue weighted by Gasteiger charge is 2.62. The van der Waals surface area contributed by atoms with Gasteiger partial charge in [0, 0.05) is 37.7 Å². The van der Waals surface area contributed by atoms with Crippen LogP contribution in [0.1, 0.15) is 50.5 Å². The SMILES string of the molecule is CCc1nnc([C@]23C[C@@H](C)C[C@H](C2)N3C(=O)Nc2cc(-c3ncn(C)n3)c(C(F)(F)F)cn2)o1. The molecule has 1 N–H and O–H groups in total. The predicted octanol–water partition coefficient (Wildman–Crippen LogP) is 3.77. The highest BCUT2D eigenvalue weighted by atomic mass is 19.4. The number of fused-ring (bicyclic) bond motifs is 2. The molecule has 4 heterocycles. The number of amides is 2. The molecule has 0 aromatic carbocycles. The number of aromatic nitrogens is 6. The average molecular weight is 476 g/mol. The molecule has 0 unspecified atom stereocenters. The van der Waals surface area contributed by atoms with Crippen LogP contribution in [0, 0.1) is 5.92 Å². The van der Waals surface area contributed by atoms with Gasteiger partial charge >= 0.3 is 12.2 Å². The van der Waals surface area contributed by atoms with E-state index in [0.717, 1.165) is 12.5 Å². The van der Waals surface area contributed by atoms with Crippen LogP contribution in [0.3, 0.4) is 0 Å². The summed E-state index contributed by atoms with van der Waals surface area (Å²) in [6.07, 6.45) is 0.0671. The number of hydrogen-bond donors (Lipinski definition) is 1. The number of carbonyl (C=O) groups excluding carboxylic acids is 1. The zero-order valence-electron chi connectivity index (χ0n) is 18.8. The molecule has 2 aliphatic rings. The van der Waals surface area contributed by atoms with Crippen molar-refractivity contribution in [3.8, 4) is 11.4 Å². The summed E-state index contributed by atoms with van der Waals surface area (Å²) in [5, 5.41) is 14.9. The molecular formula is C21H23F3N8O2. The molecular weight excluding hydrogens is 453 g/mol. The van der Waals surface area contributed by atoms with Crippen molar-refractivity contribution in [1.82, 2.24) is 34.8 Å². The number of carbonyl (C=O) groups is 1. The fourth-order valence-electron chi connectivity index (χ4n) is 5.10. The summed E-state index contributed by atoms with van der Waals surface area (Å²) in [5.74, 6) is 1.08. The van der Waals surface area contributed by atoms with Crippen LogP contribution in [0.5, 0.6) is 0 Å². The van der Waals surface area contributed by atoms with Gasteiger partial charge in [-0.15, -0.1) is 10.2 Å². The molecule has 1 aliphatic carbocycles. The number of anilines is 1. The second kappa shape index (κ2) is 7.77. The van der Waals surface area contributed by atoms with E-state index in [4.69, 9.17) is 4.42 Å². The molecule has 3 aromatic heterocycles. The van der Waals surface area contributed by atoms with Crippen molar-refractivity contribution < 1.29 is 22.4 Å². The van der Waals surface area contributed by atoms with E-state index in [1.807, 2.05) is 6.92 Å². The predicted molar refractivity (Wildman–Crippen MR) is 112 cm³/mol. The van der Waals surface area contributed by atoms with E-state index < -0.39 is 23.3 Å². The van der Waals surface area contributed by atoms with E-state index in [-0.39, 0.29) is 23.2 Å². The Balaban J connectivity index is 1.46. The molecule has 1 aliphatic heterocycles. The topological polar surface area (TPSA) is 115 Å². The highest BCUT2D eigenvalue weighted by molar-refractivity contribution is 5.90. The molecule has 2 bridgehead atoms. The molecule has 2 fully saturated rings. The number of aryl methyl sites for hydroxylation is 2. The first kappa shape index (κ1) is 22.3. The molecule has 13 heteroatoms. The Bertz CT molecular complexity index is 1240. The maximum Gasteiger partial charge on any atom is 0.418 e. The number of halogens is 3. The van der Waals surface area contributed by atoms with Gasteiger partial charge in [0.15, 0.2) is 5.82 Å². The quantitative estimate of drug-likeness (QED) is 0.609. The number of nitrogens with one attached hydrogen (secondary N) is 1. The molecule has 3 aromatic rings. The fraction of sp³-hybridized carbons (Fsp3) is 0.524. The van der Waals surface area contributed by atoms with Crippen LogP contribution in [0.4, 0.5) is 23.8 Å². The summed E-state index contributed by atoms with van der Waals surface area (Å²) in [7, 11) is 1.55. The minimum atomic E-state index is -4.66. The third kappa shape index (κ3) is 3.59. The van der Waals surface area contributed by atoms with Gasteiger partial charge in [-0.25, -0.2) is 14.8 Å². The van der Waals surface area contributed by atoms with Gasteiger partial charge in [0.25, 0.3) is 0 Å².